The molecule has 3 aromatic rings. The smallest absolute Gasteiger partial charge is 0.261 e. The lowest BCUT2D eigenvalue weighted by atomic mass is 10.1. The molecule has 1 fully saturated rings. The zero-order chi connectivity index (χ0) is 17.6. The van der Waals surface area contributed by atoms with Crippen LogP contribution in [0.4, 0.5) is 16.0 Å². The minimum absolute atomic E-state index is 0.0152. The van der Waals surface area contributed by atoms with Gasteiger partial charge in [0.05, 0.1) is 17.1 Å². The van der Waals surface area contributed by atoms with Gasteiger partial charge in [0.2, 0.25) is 5.71 Å². The number of rotatable bonds is 4. The van der Waals surface area contributed by atoms with Crippen LogP contribution in [-0.2, 0) is 0 Å². The zero-order valence-corrected chi connectivity index (χ0v) is 13.8. The highest BCUT2D eigenvalue weighted by Gasteiger charge is 2.38. The van der Waals surface area contributed by atoms with E-state index < -0.39 is 11.7 Å². The Kier molecular flexibility index (Phi) is 3.41. The number of anilines is 2. The number of aromatic nitrogens is 3. The predicted molar refractivity (Wildman–Crippen MR) is 90.0 cm³/mol. The molecule has 0 radical (unpaired) electrons. The third-order valence-electron chi connectivity index (χ3n) is 4.28. The molecule has 4 rings (SSSR count). The van der Waals surface area contributed by atoms with Crippen LogP contribution in [0.3, 0.4) is 0 Å². The number of aryl methyl sites for hydroxylation is 1. The minimum Gasteiger partial charge on any atom is -0.442 e. The first kappa shape index (κ1) is 15.5. The summed E-state index contributed by atoms with van der Waals surface area (Å²) < 4.78 is 18.6. The number of hydrogen-bond acceptors (Lipinski definition) is 6. The molecule has 0 unspecified atom stereocenters. The topological polar surface area (TPSA) is 92.9 Å². The number of amides is 1. The van der Waals surface area contributed by atoms with E-state index in [9.17, 15) is 9.18 Å². The highest BCUT2D eigenvalue weighted by molar-refractivity contribution is 6.15. The van der Waals surface area contributed by atoms with Crippen molar-refractivity contribution in [3.05, 3.63) is 41.8 Å². The van der Waals surface area contributed by atoms with Gasteiger partial charge in [-0.2, -0.15) is 0 Å². The molecule has 128 valence electrons. The Labute approximate surface area is 142 Å². The van der Waals surface area contributed by atoms with Crippen LogP contribution in [0.25, 0.3) is 11.1 Å². The molecule has 1 aliphatic carbocycles. The fraction of sp³-hybridized carbons (Fsp3) is 0.294. The average molecular weight is 341 g/mol. The molecule has 8 heteroatoms. The fourth-order valence-corrected chi connectivity index (χ4v) is 2.64. The molecule has 0 aliphatic heterocycles. The van der Waals surface area contributed by atoms with Gasteiger partial charge in [0.15, 0.2) is 0 Å². The number of halogens is 1. The van der Waals surface area contributed by atoms with Crippen LogP contribution in [0.5, 0.6) is 0 Å². The van der Waals surface area contributed by atoms with Crippen LogP contribution in [0.1, 0.15) is 35.9 Å². The van der Waals surface area contributed by atoms with Crippen LogP contribution in [-0.4, -0.2) is 26.4 Å². The van der Waals surface area contributed by atoms with Gasteiger partial charge in [0.25, 0.3) is 5.91 Å². The number of fused-ring (bicyclic) bond motifs is 1. The van der Waals surface area contributed by atoms with E-state index in [-0.39, 0.29) is 11.4 Å². The van der Waals surface area contributed by atoms with E-state index in [0.717, 1.165) is 19.0 Å². The first-order chi connectivity index (χ1) is 12.0. The van der Waals surface area contributed by atoms with Crippen molar-refractivity contribution in [3.8, 4) is 0 Å². The average Bonchev–Trinajstić information content (AvgIpc) is 3.18. The number of nitrogens with one attached hydrogen (secondary N) is 2. The lowest BCUT2D eigenvalue weighted by molar-refractivity contribution is 0.102. The maximum atomic E-state index is 13.0. The molecular weight excluding hydrogens is 325 g/mol. The summed E-state index contributed by atoms with van der Waals surface area (Å²) in [4.78, 5) is 25.0. The number of carbonyl (C=O) groups is 1. The Morgan fingerprint density at radius 3 is 2.76 bits per heavy atom. The Bertz CT molecular complexity index is 963. The molecule has 0 saturated heterocycles. The number of hydrogen-bond donors (Lipinski definition) is 2. The minimum atomic E-state index is -0.472. The maximum absolute atomic E-state index is 13.0. The molecule has 2 N–H and O–H groups in total. The van der Waals surface area contributed by atoms with Gasteiger partial charge in [0.1, 0.15) is 29.5 Å². The summed E-state index contributed by atoms with van der Waals surface area (Å²) >= 11 is 0. The van der Waals surface area contributed by atoms with E-state index in [4.69, 9.17) is 4.42 Å². The number of pyridine rings is 1. The number of furan rings is 1. The second-order valence-electron chi connectivity index (χ2n) is 6.44. The summed E-state index contributed by atoms with van der Waals surface area (Å²) in [6, 6.07) is 2.62. The summed E-state index contributed by atoms with van der Waals surface area (Å²) in [5.41, 5.74) is 0.670. The molecule has 3 heterocycles. The van der Waals surface area contributed by atoms with Crippen molar-refractivity contribution in [3.63, 3.8) is 0 Å². The van der Waals surface area contributed by atoms with Gasteiger partial charge >= 0.3 is 0 Å². The second-order valence-corrected chi connectivity index (χ2v) is 6.44. The van der Waals surface area contributed by atoms with Crippen LogP contribution in [0.2, 0.25) is 0 Å². The summed E-state index contributed by atoms with van der Waals surface area (Å²) in [5.74, 6) is 0.369. The molecule has 1 aliphatic rings. The van der Waals surface area contributed by atoms with Crippen LogP contribution in [0.15, 0.2) is 29.1 Å². The molecule has 7 nitrogen and oxygen atoms in total. The molecule has 3 aromatic heterocycles. The van der Waals surface area contributed by atoms with Gasteiger partial charge < -0.3 is 15.1 Å². The fourth-order valence-electron chi connectivity index (χ4n) is 2.64. The second kappa shape index (κ2) is 5.51. The molecule has 0 bridgehead atoms. The van der Waals surface area contributed by atoms with Crippen LogP contribution < -0.4 is 10.6 Å². The van der Waals surface area contributed by atoms with Crippen molar-refractivity contribution in [2.75, 3.05) is 10.6 Å². The molecule has 25 heavy (non-hydrogen) atoms. The highest BCUT2D eigenvalue weighted by atomic mass is 19.1. The Balaban J connectivity index is 1.73. The van der Waals surface area contributed by atoms with Gasteiger partial charge in [-0.15, -0.1) is 0 Å². The van der Waals surface area contributed by atoms with E-state index in [1.807, 2.05) is 0 Å². The lowest BCUT2D eigenvalue weighted by Crippen LogP contribution is -2.18. The van der Waals surface area contributed by atoms with Gasteiger partial charge in [-0.25, -0.2) is 19.3 Å². The van der Waals surface area contributed by atoms with E-state index in [2.05, 4.69) is 32.5 Å². The van der Waals surface area contributed by atoms with Gasteiger partial charge in [-0.3, -0.25) is 4.79 Å². The Morgan fingerprint density at radius 2 is 2.08 bits per heavy atom. The molecule has 0 spiro atoms. The molecule has 0 aromatic carbocycles. The monoisotopic (exact) mass is 341 g/mol. The Morgan fingerprint density at radius 1 is 1.28 bits per heavy atom. The molecular formula is C17H16FN5O2. The van der Waals surface area contributed by atoms with Gasteiger partial charge in [-0.1, -0.05) is 0 Å². The van der Waals surface area contributed by atoms with E-state index in [0.29, 0.717) is 28.2 Å². The van der Waals surface area contributed by atoms with Crippen LogP contribution >= 0.6 is 0 Å². The van der Waals surface area contributed by atoms with Crippen molar-refractivity contribution in [1.29, 1.82) is 0 Å². The third kappa shape index (κ3) is 2.90. The van der Waals surface area contributed by atoms with Crippen molar-refractivity contribution in [1.82, 2.24) is 15.0 Å². The maximum Gasteiger partial charge on any atom is 0.261 e. The summed E-state index contributed by atoms with van der Waals surface area (Å²) in [6.07, 6.45) is 4.52. The van der Waals surface area contributed by atoms with Crippen molar-refractivity contribution in [2.45, 2.75) is 32.2 Å². The number of nitrogens with zero attached hydrogens (tertiary/aromatic N) is 3. The zero-order valence-electron chi connectivity index (χ0n) is 13.8. The van der Waals surface area contributed by atoms with Gasteiger partial charge in [-0.05, 0) is 38.8 Å². The first-order valence-electron chi connectivity index (χ1n) is 7.90. The summed E-state index contributed by atoms with van der Waals surface area (Å²) in [7, 11) is 0. The van der Waals surface area contributed by atoms with Crippen LogP contribution in [0, 0.1) is 12.7 Å². The van der Waals surface area contributed by atoms with Crippen molar-refractivity contribution in [2.24, 2.45) is 0 Å². The van der Waals surface area contributed by atoms with Gasteiger partial charge in [0, 0.05) is 5.54 Å². The molecule has 1 amide bonds. The lowest BCUT2D eigenvalue weighted by Gasteiger charge is -2.13. The SMILES string of the molecule is Cc1oc2ncnc(NC3(C)CC3)c2c1C(=O)Nc1ccc(F)cn1. The predicted octanol–water partition coefficient (Wildman–Crippen LogP) is 3.28. The standard InChI is InChI=1S/C17H16FN5O2/c1-9-12(15(24)22-11-4-3-10(18)7-19-11)13-14(23-17(2)5-6-17)20-8-21-16(13)25-9/h3-4,7-8H,5-6H2,1-2H3,(H,19,22,24)(H,20,21,23). The summed E-state index contributed by atoms with van der Waals surface area (Å²) in [6.45, 7) is 3.79. The van der Waals surface area contributed by atoms with Crippen molar-refractivity contribution < 1.29 is 13.6 Å². The van der Waals surface area contributed by atoms with E-state index in [1.165, 1.54) is 18.5 Å². The molecule has 1 saturated carbocycles. The normalized spacial score (nSPS) is 15.2. The largest absolute Gasteiger partial charge is 0.442 e. The molecule has 0 atom stereocenters. The van der Waals surface area contributed by atoms with E-state index in [1.54, 1.807) is 6.92 Å². The summed E-state index contributed by atoms with van der Waals surface area (Å²) in [5, 5.41) is 6.54. The first-order valence-corrected chi connectivity index (χ1v) is 7.90. The number of carbonyl (C=O) groups excluding carboxylic acids is 1. The third-order valence-corrected chi connectivity index (χ3v) is 4.28. The quantitative estimate of drug-likeness (QED) is 0.756. The van der Waals surface area contributed by atoms with Crippen molar-refractivity contribution >= 4 is 28.6 Å². The highest BCUT2D eigenvalue weighted by Crippen LogP contribution is 2.40. The van der Waals surface area contributed by atoms with E-state index >= 15 is 0 Å². The Hall–Kier alpha value is -3.03.